The molecule has 1 aromatic rings. The smallest absolute Gasteiger partial charge is 0.0716 e. The highest BCUT2D eigenvalue weighted by molar-refractivity contribution is 6.31. The van der Waals surface area contributed by atoms with Crippen LogP contribution in [0.15, 0.2) is 18.2 Å². The van der Waals surface area contributed by atoms with Crippen LogP contribution in [0.2, 0.25) is 5.02 Å². The predicted molar refractivity (Wildman–Crippen MR) is 65.0 cm³/mol. The monoisotopic (exact) mass is 241 g/mol. The summed E-state index contributed by atoms with van der Waals surface area (Å²) in [7, 11) is 2.02. The van der Waals surface area contributed by atoms with E-state index in [4.69, 9.17) is 16.3 Å². The molecule has 0 spiro atoms. The Hall–Kier alpha value is -0.770. The van der Waals surface area contributed by atoms with Crippen LogP contribution in [0.5, 0.6) is 0 Å². The third-order valence-electron chi connectivity index (χ3n) is 3.09. The largest absolute Gasteiger partial charge is 0.392 e. The lowest BCUT2D eigenvalue weighted by Gasteiger charge is -2.27. The second-order valence-electron chi connectivity index (χ2n) is 4.02. The Balaban J connectivity index is 2.27. The topological polar surface area (TPSA) is 32.7 Å². The molecule has 88 valence electrons. The minimum Gasteiger partial charge on any atom is -0.392 e. The van der Waals surface area contributed by atoms with Crippen molar-refractivity contribution in [1.82, 2.24) is 0 Å². The molecule has 1 aliphatic heterocycles. The van der Waals surface area contributed by atoms with Crippen molar-refractivity contribution in [3.8, 4) is 0 Å². The average Bonchev–Trinajstić information content (AvgIpc) is 2.81. The highest BCUT2D eigenvalue weighted by Gasteiger charge is 2.22. The number of benzene rings is 1. The number of anilines is 1. The molecule has 0 aromatic heterocycles. The Morgan fingerprint density at radius 1 is 1.56 bits per heavy atom. The van der Waals surface area contributed by atoms with Crippen LogP contribution in [0.3, 0.4) is 0 Å². The van der Waals surface area contributed by atoms with E-state index in [9.17, 15) is 5.11 Å². The average molecular weight is 242 g/mol. The highest BCUT2D eigenvalue weighted by atomic mass is 35.5. The molecule has 0 bridgehead atoms. The minimum atomic E-state index is -0.0348. The molecule has 1 aliphatic rings. The molecule has 1 saturated heterocycles. The fourth-order valence-electron chi connectivity index (χ4n) is 2.06. The van der Waals surface area contributed by atoms with Crippen molar-refractivity contribution < 1.29 is 9.84 Å². The van der Waals surface area contributed by atoms with Crippen LogP contribution >= 0.6 is 11.6 Å². The van der Waals surface area contributed by atoms with Gasteiger partial charge in [-0.1, -0.05) is 17.7 Å². The van der Waals surface area contributed by atoms with Crippen molar-refractivity contribution in [2.24, 2.45) is 0 Å². The summed E-state index contributed by atoms with van der Waals surface area (Å²) in [5.74, 6) is 0. The van der Waals surface area contributed by atoms with Crippen molar-refractivity contribution in [2.75, 3.05) is 25.2 Å². The van der Waals surface area contributed by atoms with Gasteiger partial charge in [0.1, 0.15) is 0 Å². The zero-order chi connectivity index (χ0) is 11.5. The van der Waals surface area contributed by atoms with Gasteiger partial charge in [-0.05, 0) is 18.6 Å². The summed E-state index contributed by atoms with van der Waals surface area (Å²) < 4.78 is 5.37. The summed E-state index contributed by atoms with van der Waals surface area (Å²) >= 11 is 6.06. The molecule has 1 N–H and O–H groups in total. The van der Waals surface area contributed by atoms with E-state index in [1.165, 1.54) is 0 Å². The van der Waals surface area contributed by atoms with Gasteiger partial charge < -0.3 is 14.7 Å². The number of rotatable bonds is 3. The number of hydrogen-bond acceptors (Lipinski definition) is 3. The molecule has 1 fully saturated rings. The second-order valence-corrected chi connectivity index (χ2v) is 4.43. The van der Waals surface area contributed by atoms with Gasteiger partial charge in [0.2, 0.25) is 0 Å². The molecule has 16 heavy (non-hydrogen) atoms. The van der Waals surface area contributed by atoms with Crippen LogP contribution in [0.4, 0.5) is 5.69 Å². The van der Waals surface area contributed by atoms with Gasteiger partial charge in [-0.25, -0.2) is 0 Å². The van der Waals surface area contributed by atoms with Crippen LogP contribution < -0.4 is 4.90 Å². The molecule has 1 unspecified atom stereocenters. The summed E-state index contributed by atoms with van der Waals surface area (Å²) in [4.78, 5) is 2.14. The van der Waals surface area contributed by atoms with Crippen LogP contribution in [-0.2, 0) is 11.3 Å². The number of hydrogen-bond donors (Lipinski definition) is 1. The highest BCUT2D eigenvalue weighted by Crippen LogP contribution is 2.29. The first-order valence-corrected chi connectivity index (χ1v) is 5.80. The van der Waals surface area contributed by atoms with Crippen LogP contribution in [0, 0.1) is 0 Å². The van der Waals surface area contributed by atoms with Gasteiger partial charge in [0.25, 0.3) is 0 Å². The number of ether oxygens (including phenoxy) is 1. The zero-order valence-corrected chi connectivity index (χ0v) is 10.1. The molecule has 0 aliphatic carbocycles. The normalized spacial score (nSPS) is 20.1. The van der Waals surface area contributed by atoms with Crippen LogP contribution in [0.25, 0.3) is 0 Å². The molecular formula is C12H16ClNO2. The Labute approximate surface area is 101 Å². The lowest BCUT2D eigenvalue weighted by atomic mass is 10.1. The van der Waals surface area contributed by atoms with E-state index in [-0.39, 0.29) is 6.61 Å². The summed E-state index contributed by atoms with van der Waals surface area (Å²) in [5.41, 5.74) is 1.78. The van der Waals surface area contributed by atoms with E-state index < -0.39 is 0 Å². The maximum Gasteiger partial charge on any atom is 0.0716 e. The standard InChI is InChI=1S/C12H16ClNO2/c1-14(9-5-6-16-8-9)12-4-2-3-11(13)10(12)7-15/h2-4,9,15H,5-8H2,1H3. The molecule has 1 atom stereocenters. The second kappa shape index (κ2) is 5.04. The first-order chi connectivity index (χ1) is 7.74. The van der Waals surface area contributed by atoms with Crippen molar-refractivity contribution in [1.29, 1.82) is 0 Å². The molecule has 1 aromatic carbocycles. The zero-order valence-electron chi connectivity index (χ0n) is 9.32. The molecule has 1 heterocycles. The maximum absolute atomic E-state index is 9.35. The van der Waals surface area contributed by atoms with Gasteiger partial charge in [-0.3, -0.25) is 0 Å². The lowest BCUT2D eigenvalue weighted by Crippen LogP contribution is -2.32. The van der Waals surface area contributed by atoms with Crippen LogP contribution in [0.1, 0.15) is 12.0 Å². The summed E-state index contributed by atoms with van der Waals surface area (Å²) in [6, 6.07) is 6.07. The molecule has 0 radical (unpaired) electrons. The minimum absolute atomic E-state index is 0.0348. The van der Waals surface area contributed by atoms with E-state index >= 15 is 0 Å². The molecule has 3 nitrogen and oxygen atoms in total. The summed E-state index contributed by atoms with van der Waals surface area (Å²) in [6.07, 6.45) is 1.02. The molecule has 0 saturated carbocycles. The number of aliphatic hydroxyl groups is 1. The SMILES string of the molecule is CN(c1cccc(Cl)c1CO)C1CCOC1. The Morgan fingerprint density at radius 2 is 2.38 bits per heavy atom. The third kappa shape index (κ3) is 2.17. The quantitative estimate of drug-likeness (QED) is 0.879. The third-order valence-corrected chi connectivity index (χ3v) is 3.44. The lowest BCUT2D eigenvalue weighted by molar-refractivity contribution is 0.193. The van der Waals surface area contributed by atoms with E-state index in [2.05, 4.69) is 4.90 Å². The Morgan fingerprint density at radius 3 is 3.00 bits per heavy atom. The fraction of sp³-hybridized carbons (Fsp3) is 0.500. The van der Waals surface area contributed by atoms with E-state index in [1.54, 1.807) is 6.07 Å². The number of halogens is 1. The van der Waals surface area contributed by atoms with E-state index in [0.717, 1.165) is 30.9 Å². The first-order valence-electron chi connectivity index (χ1n) is 5.43. The number of likely N-dealkylation sites (N-methyl/N-ethyl adjacent to an activating group) is 1. The van der Waals surface area contributed by atoms with Gasteiger partial charge >= 0.3 is 0 Å². The van der Waals surface area contributed by atoms with Crippen molar-refractivity contribution in [2.45, 2.75) is 19.1 Å². The molecular weight excluding hydrogens is 226 g/mol. The van der Waals surface area contributed by atoms with Gasteiger partial charge in [0, 0.05) is 29.9 Å². The Kier molecular flexibility index (Phi) is 3.69. The van der Waals surface area contributed by atoms with Gasteiger partial charge in [-0.15, -0.1) is 0 Å². The van der Waals surface area contributed by atoms with Gasteiger partial charge in [0.05, 0.1) is 19.3 Å². The van der Waals surface area contributed by atoms with Crippen LogP contribution in [-0.4, -0.2) is 31.4 Å². The van der Waals surface area contributed by atoms with Crippen molar-refractivity contribution in [3.63, 3.8) is 0 Å². The van der Waals surface area contributed by atoms with Crippen molar-refractivity contribution in [3.05, 3.63) is 28.8 Å². The predicted octanol–water partition coefficient (Wildman–Crippen LogP) is 2.06. The van der Waals surface area contributed by atoms with Crippen molar-refractivity contribution >= 4 is 17.3 Å². The first kappa shape index (κ1) is 11.7. The fourth-order valence-corrected chi connectivity index (χ4v) is 2.29. The van der Waals surface area contributed by atoms with E-state index in [0.29, 0.717) is 11.1 Å². The molecule has 4 heteroatoms. The summed E-state index contributed by atoms with van der Waals surface area (Å²) in [5, 5.41) is 9.97. The van der Waals surface area contributed by atoms with E-state index in [1.807, 2.05) is 19.2 Å². The number of aliphatic hydroxyl groups excluding tert-OH is 1. The van der Waals surface area contributed by atoms with Gasteiger partial charge in [0.15, 0.2) is 0 Å². The molecule has 0 amide bonds. The van der Waals surface area contributed by atoms with Gasteiger partial charge in [-0.2, -0.15) is 0 Å². The number of nitrogens with zero attached hydrogens (tertiary/aromatic N) is 1. The summed E-state index contributed by atoms with van der Waals surface area (Å²) in [6.45, 7) is 1.52. The Bertz CT molecular complexity index is 364. The molecule has 2 rings (SSSR count). The maximum atomic E-state index is 9.35.